The van der Waals surface area contributed by atoms with Crippen molar-refractivity contribution in [2.24, 2.45) is 0 Å². The molecule has 0 aliphatic carbocycles. The number of fused-ring (bicyclic) bond motifs is 1. The highest BCUT2D eigenvalue weighted by Gasteiger charge is 2.22. The summed E-state index contributed by atoms with van der Waals surface area (Å²) in [7, 11) is -2.44. The van der Waals surface area contributed by atoms with Gasteiger partial charge in [-0.25, -0.2) is 17.5 Å². The smallest absolute Gasteiger partial charge is 0.241 e. The van der Waals surface area contributed by atoms with Crippen LogP contribution in [0.2, 0.25) is 0 Å². The van der Waals surface area contributed by atoms with Crippen LogP contribution in [0.3, 0.4) is 0 Å². The van der Waals surface area contributed by atoms with E-state index in [0.717, 1.165) is 0 Å². The molecule has 1 aliphatic rings. The minimum absolute atomic E-state index is 0.0533. The van der Waals surface area contributed by atoms with Gasteiger partial charge in [0.15, 0.2) is 23.1 Å². The molecule has 0 bridgehead atoms. The number of hydrogen-bond acceptors (Lipinski definition) is 5. The summed E-state index contributed by atoms with van der Waals surface area (Å²) in [5.74, 6) is 0.448. The first-order chi connectivity index (χ1) is 11.9. The number of benzene rings is 2. The summed E-state index contributed by atoms with van der Waals surface area (Å²) in [6.07, 6.45) is 0. The lowest BCUT2D eigenvalue weighted by molar-refractivity contribution is 0.171. The SMILES string of the molecule is COc1ccc([C@H](C)NS(=O)(=O)c2ccc3c(c2)OCCO3)cc1F. The van der Waals surface area contributed by atoms with E-state index >= 15 is 0 Å². The first-order valence-corrected chi connectivity index (χ1v) is 9.14. The second-order valence-electron chi connectivity index (χ2n) is 5.54. The Morgan fingerprint density at radius 2 is 1.84 bits per heavy atom. The lowest BCUT2D eigenvalue weighted by Gasteiger charge is -2.20. The van der Waals surface area contributed by atoms with Crippen molar-refractivity contribution in [1.82, 2.24) is 4.72 Å². The van der Waals surface area contributed by atoms with E-state index in [1.165, 1.54) is 31.4 Å². The molecule has 1 N–H and O–H groups in total. The molecule has 8 heteroatoms. The van der Waals surface area contributed by atoms with Crippen LogP contribution in [-0.2, 0) is 10.0 Å². The van der Waals surface area contributed by atoms with Crippen molar-refractivity contribution in [2.75, 3.05) is 20.3 Å². The summed E-state index contributed by atoms with van der Waals surface area (Å²) in [6, 6.07) is 8.10. The van der Waals surface area contributed by atoms with Gasteiger partial charge in [0.2, 0.25) is 10.0 Å². The lowest BCUT2D eigenvalue weighted by Crippen LogP contribution is -2.27. The van der Waals surface area contributed by atoms with Crippen LogP contribution in [0.25, 0.3) is 0 Å². The molecule has 0 saturated carbocycles. The van der Waals surface area contributed by atoms with Crippen LogP contribution in [0.1, 0.15) is 18.5 Å². The molecular formula is C17H18FNO5S. The van der Waals surface area contributed by atoms with Gasteiger partial charge in [-0.3, -0.25) is 0 Å². The third-order valence-corrected chi connectivity index (χ3v) is 5.37. The fraction of sp³-hybridized carbons (Fsp3) is 0.294. The molecule has 25 heavy (non-hydrogen) atoms. The Morgan fingerprint density at radius 3 is 2.52 bits per heavy atom. The second kappa shape index (κ2) is 6.89. The zero-order chi connectivity index (χ0) is 18.0. The quantitative estimate of drug-likeness (QED) is 0.879. The highest BCUT2D eigenvalue weighted by Crippen LogP contribution is 2.32. The molecule has 1 atom stereocenters. The van der Waals surface area contributed by atoms with Gasteiger partial charge in [-0.05, 0) is 36.8 Å². The van der Waals surface area contributed by atoms with E-state index in [9.17, 15) is 12.8 Å². The number of hydrogen-bond donors (Lipinski definition) is 1. The van der Waals surface area contributed by atoms with E-state index < -0.39 is 21.9 Å². The summed E-state index contributed by atoms with van der Waals surface area (Å²) in [5.41, 5.74) is 0.486. The van der Waals surface area contributed by atoms with Gasteiger partial charge >= 0.3 is 0 Å². The highest BCUT2D eigenvalue weighted by molar-refractivity contribution is 7.89. The van der Waals surface area contributed by atoms with Crippen LogP contribution in [0.15, 0.2) is 41.3 Å². The van der Waals surface area contributed by atoms with Gasteiger partial charge in [0.25, 0.3) is 0 Å². The second-order valence-corrected chi connectivity index (χ2v) is 7.26. The van der Waals surface area contributed by atoms with Crippen LogP contribution < -0.4 is 18.9 Å². The summed E-state index contributed by atoms with van der Waals surface area (Å²) >= 11 is 0. The number of nitrogens with one attached hydrogen (secondary N) is 1. The van der Waals surface area contributed by atoms with E-state index in [1.54, 1.807) is 19.1 Å². The van der Waals surface area contributed by atoms with Crippen molar-refractivity contribution >= 4 is 10.0 Å². The Morgan fingerprint density at radius 1 is 1.12 bits per heavy atom. The van der Waals surface area contributed by atoms with Gasteiger partial charge in [0.05, 0.1) is 12.0 Å². The van der Waals surface area contributed by atoms with Crippen LogP contribution in [-0.4, -0.2) is 28.7 Å². The molecule has 0 fully saturated rings. The van der Waals surface area contributed by atoms with Gasteiger partial charge in [-0.2, -0.15) is 0 Å². The molecule has 3 rings (SSSR count). The van der Waals surface area contributed by atoms with Crippen LogP contribution in [0.4, 0.5) is 4.39 Å². The Kier molecular flexibility index (Phi) is 4.82. The topological polar surface area (TPSA) is 73.9 Å². The summed E-state index contributed by atoms with van der Waals surface area (Å²) in [6.45, 7) is 2.43. The van der Waals surface area contributed by atoms with Crippen molar-refractivity contribution in [2.45, 2.75) is 17.9 Å². The van der Waals surface area contributed by atoms with E-state index in [0.29, 0.717) is 30.3 Å². The van der Waals surface area contributed by atoms with Gasteiger partial charge < -0.3 is 14.2 Å². The van der Waals surface area contributed by atoms with Crippen molar-refractivity contribution < 1.29 is 27.0 Å². The molecule has 0 spiro atoms. The number of halogens is 1. The Bertz CT molecular complexity index is 885. The third kappa shape index (κ3) is 3.69. The largest absolute Gasteiger partial charge is 0.494 e. The summed E-state index contributed by atoms with van der Waals surface area (Å²) in [5, 5.41) is 0. The van der Waals surface area contributed by atoms with Crippen molar-refractivity contribution in [1.29, 1.82) is 0 Å². The van der Waals surface area contributed by atoms with E-state index in [1.807, 2.05) is 0 Å². The zero-order valence-electron chi connectivity index (χ0n) is 13.8. The van der Waals surface area contributed by atoms with Gasteiger partial charge in [0, 0.05) is 12.1 Å². The molecule has 0 saturated heterocycles. The average Bonchev–Trinajstić information content (AvgIpc) is 2.60. The number of rotatable bonds is 5. The van der Waals surface area contributed by atoms with E-state index in [2.05, 4.69) is 4.72 Å². The fourth-order valence-corrected chi connectivity index (χ4v) is 3.76. The average molecular weight is 367 g/mol. The normalized spacial score (nSPS) is 14.8. The van der Waals surface area contributed by atoms with Crippen LogP contribution in [0, 0.1) is 5.82 Å². The van der Waals surface area contributed by atoms with E-state index in [-0.39, 0.29) is 10.6 Å². The van der Waals surface area contributed by atoms with Crippen molar-refractivity contribution in [3.63, 3.8) is 0 Å². The highest BCUT2D eigenvalue weighted by atomic mass is 32.2. The minimum atomic E-state index is -3.81. The molecule has 1 heterocycles. The monoisotopic (exact) mass is 367 g/mol. The third-order valence-electron chi connectivity index (χ3n) is 3.83. The van der Waals surface area contributed by atoms with Crippen LogP contribution >= 0.6 is 0 Å². The summed E-state index contributed by atoms with van der Waals surface area (Å²) in [4.78, 5) is 0.0533. The maximum Gasteiger partial charge on any atom is 0.241 e. The van der Waals surface area contributed by atoms with Gasteiger partial charge in [-0.15, -0.1) is 0 Å². The molecule has 0 radical (unpaired) electrons. The van der Waals surface area contributed by atoms with Crippen molar-refractivity contribution in [3.05, 3.63) is 47.8 Å². The number of ether oxygens (including phenoxy) is 3. The minimum Gasteiger partial charge on any atom is -0.494 e. The fourth-order valence-electron chi connectivity index (χ4n) is 2.51. The Labute approximate surface area is 145 Å². The molecule has 2 aromatic carbocycles. The molecular weight excluding hydrogens is 349 g/mol. The first-order valence-electron chi connectivity index (χ1n) is 7.66. The maximum atomic E-state index is 13.8. The van der Waals surface area contributed by atoms with E-state index in [4.69, 9.17) is 14.2 Å². The molecule has 0 aromatic heterocycles. The zero-order valence-corrected chi connectivity index (χ0v) is 14.6. The predicted molar refractivity (Wildman–Crippen MR) is 89.1 cm³/mol. The summed E-state index contributed by atoms with van der Waals surface area (Å²) < 4.78 is 57.2. The maximum absolute atomic E-state index is 13.8. The molecule has 2 aromatic rings. The van der Waals surface area contributed by atoms with Gasteiger partial charge in [-0.1, -0.05) is 6.07 Å². The van der Waals surface area contributed by atoms with Crippen molar-refractivity contribution in [3.8, 4) is 17.2 Å². The standard InChI is InChI=1S/C17H18FNO5S/c1-11(12-3-5-15(22-2)14(18)9-12)19-25(20,21)13-4-6-16-17(10-13)24-8-7-23-16/h3-6,9-11,19H,7-8H2,1-2H3/t11-/m0/s1. The molecule has 0 amide bonds. The number of methoxy groups -OCH3 is 1. The van der Waals surface area contributed by atoms with Crippen LogP contribution in [0.5, 0.6) is 17.2 Å². The Balaban J connectivity index is 1.82. The predicted octanol–water partition coefficient (Wildman–Crippen LogP) is 2.65. The molecule has 6 nitrogen and oxygen atoms in total. The Hall–Kier alpha value is -2.32. The molecule has 0 unspecified atom stereocenters. The van der Waals surface area contributed by atoms with Gasteiger partial charge in [0.1, 0.15) is 13.2 Å². The lowest BCUT2D eigenvalue weighted by atomic mass is 10.1. The molecule has 134 valence electrons. The first kappa shape index (κ1) is 17.5. The molecule has 1 aliphatic heterocycles. The number of sulfonamides is 1.